The molecule has 0 rings (SSSR count). The number of rotatable bonds is 75. The summed E-state index contributed by atoms with van der Waals surface area (Å²) in [6.07, 6.45) is 91.0. The molecule has 0 aromatic heterocycles. The number of ether oxygens (including phenoxy) is 4. The minimum Gasteiger partial charge on any atom is -0.462 e. The van der Waals surface area contributed by atoms with Crippen LogP contribution in [0.4, 0.5) is 0 Å². The molecule has 0 fully saturated rings. The summed E-state index contributed by atoms with van der Waals surface area (Å²) in [5.74, 6) is -2.36. The first-order valence-electron chi connectivity index (χ1n) is 40.7. The van der Waals surface area contributed by atoms with Crippen molar-refractivity contribution < 1.29 is 80.2 Å². The van der Waals surface area contributed by atoms with Crippen molar-refractivity contribution >= 4 is 39.5 Å². The SMILES string of the molecule is CC/C=C\C/C=C\C/C=C\C/C=C\C/C=C\C/C=C\CCC(=O)OCC(COP(=O)(O)OCC(O)COP(=O)(O)OCC(COC(=O)CCCCCCC/C=C\C/C=C\CCCCC)OC(=O)CCCCCCCCCCCCCCCCC)OC(=O)CCC/C=C\C/C=C\C/C=C\C/C=C\C/C=C\CC. The highest BCUT2D eigenvalue weighted by atomic mass is 31.2. The van der Waals surface area contributed by atoms with Crippen molar-refractivity contribution in [3.8, 4) is 0 Å². The summed E-state index contributed by atoms with van der Waals surface area (Å²) in [4.78, 5) is 73.0. The average Bonchev–Trinajstić information content (AvgIpc) is 0.902. The van der Waals surface area contributed by atoms with E-state index in [1.807, 2.05) is 30.4 Å². The number of unbranched alkanes of at least 4 members (excludes halogenated alkanes) is 23. The van der Waals surface area contributed by atoms with Gasteiger partial charge in [0.05, 0.1) is 26.4 Å². The lowest BCUT2D eigenvalue weighted by molar-refractivity contribution is -0.161. The van der Waals surface area contributed by atoms with E-state index >= 15 is 0 Å². The maximum absolute atomic E-state index is 13.1. The Kier molecular flexibility index (Phi) is 73.9. The number of hydrogen-bond donors (Lipinski definition) is 3. The van der Waals surface area contributed by atoms with E-state index in [1.165, 1.54) is 83.5 Å². The summed E-state index contributed by atoms with van der Waals surface area (Å²) < 4.78 is 68.5. The fraction of sp³-hybridized carbons (Fsp3) is 0.655. The van der Waals surface area contributed by atoms with Crippen LogP contribution in [0.5, 0.6) is 0 Å². The lowest BCUT2D eigenvalue weighted by Crippen LogP contribution is -2.30. The van der Waals surface area contributed by atoms with Crippen LogP contribution in [0.1, 0.15) is 310 Å². The van der Waals surface area contributed by atoms with Gasteiger partial charge in [-0.1, -0.05) is 308 Å². The molecular formula is C87H144O17P2. The number of phosphoric ester groups is 2. The number of aliphatic hydroxyl groups excluding tert-OH is 1. The second-order valence-electron chi connectivity index (χ2n) is 26.6. The molecule has 0 aromatic rings. The molecule has 0 aliphatic carbocycles. The lowest BCUT2D eigenvalue weighted by Gasteiger charge is -2.21. The second kappa shape index (κ2) is 77.8. The van der Waals surface area contributed by atoms with E-state index in [-0.39, 0.29) is 25.7 Å². The van der Waals surface area contributed by atoms with Gasteiger partial charge in [-0.2, -0.15) is 0 Å². The molecule has 19 heteroatoms. The van der Waals surface area contributed by atoms with E-state index in [0.717, 1.165) is 135 Å². The Balaban J connectivity index is 5.50. The molecule has 0 amide bonds. The van der Waals surface area contributed by atoms with Crippen LogP contribution in [0.15, 0.2) is 158 Å². The molecule has 5 atom stereocenters. The Morgan fingerprint density at radius 3 is 0.868 bits per heavy atom. The van der Waals surface area contributed by atoms with Crippen molar-refractivity contribution in [3.63, 3.8) is 0 Å². The van der Waals surface area contributed by atoms with Gasteiger partial charge >= 0.3 is 39.5 Å². The Morgan fingerprint density at radius 2 is 0.519 bits per heavy atom. The minimum atomic E-state index is -5.02. The van der Waals surface area contributed by atoms with E-state index in [4.69, 9.17) is 37.0 Å². The Labute approximate surface area is 642 Å². The van der Waals surface area contributed by atoms with E-state index in [9.17, 15) is 43.2 Å². The van der Waals surface area contributed by atoms with Crippen molar-refractivity contribution in [1.29, 1.82) is 0 Å². The molecule has 0 heterocycles. The smallest absolute Gasteiger partial charge is 0.462 e. The van der Waals surface area contributed by atoms with Gasteiger partial charge in [0.15, 0.2) is 12.2 Å². The maximum atomic E-state index is 13.1. The van der Waals surface area contributed by atoms with Crippen LogP contribution in [0, 0.1) is 0 Å². The van der Waals surface area contributed by atoms with Gasteiger partial charge in [0.25, 0.3) is 0 Å². The third kappa shape index (κ3) is 76.9. The van der Waals surface area contributed by atoms with Crippen LogP contribution >= 0.6 is 15.6 Å². The fourth-order valence-electron chi connectivity index (χ4n) is 10.4. The molecule has 3 N–H and O–H groups in total. The molecule has 5 unspecified atom stereocenters. The van der Waals surface area contributed by atoms with Gasteiger partial charge in [-0.3, -0.25) is 37.3 Å². The minimum absolute atomic E-state index is 0.00458. The molecule has 0 aliphatic rings. The van der Waals surface area contributed by atoms with E-state index in [1.54, 1.807) is 0 Å². The Morgan fingerprint density at radius 1 is 0.274 bits per heavy atom. The zero-order chi connectivity index (χ0) is 77.4. The van der Waals surface area contributed by atoms with Gasteiger partial charge in [-0.05, 0) is 135 Å². The van der Waals surface area contributed by atoms with Gasteiger partial charge < -0.3 is 33.8 Å². The van der Waals surface area contributed by atoms with E-state index in [0.29, 0.717) is 38.5 Å². The zero-order valence-electron chi connectivity index (χ0n) is 66.1. The van der Waals surface area contributed by atoms with Crippen molar-refractivity contribution in [2.75, 3.05) is 39.6 Å². The first-order valence-corrected chi connectivity index (χ1v) is 43.7. The first kappa shape index (κ1) is 101. The van der Waals surface area contributed by atoms with Gasteiger partial charge in [-0.25, -0.2) is 9.13 Å². The highest BCUT2D eigenvalue weighted by molar-refractivity contribution is 7.47. The molecule has 0 saturated carbocycles. The van der Waals surface area contributed by atoms with Crippen molar-refractivity contribution in [1.82, 2.24) is 0 Å². The molecule has 604 valence electrons. The largest absolute Gasteiger partial charge is 0.472 e. The quantitative estimate of drug-likeness (QED) is 0.0169. The van der Waals surface area contributed by atoms with Crippen LogP contribution < -0.4 is 0 Å². The molecule has 0 aromatic carbocycles. The van der Waals surface area contributed by atoms with Crippen LogP contribution in [0.2, 0.25) is 0 Å². The normalized spacial score (nSPS) is 14.7. The van der Waals surface area contributed by atoms with Gasteiger partial charge in [0.1, 0.15) is 19.3 Å². The first-order chi connectivity index (χ1) is 51.7. The molecule has 0 saturated heterocycles. The molecule has 17 nitrogen and oxygen atoms in total. The molecule has 0 radical (unpaired) electrons. The average molecular weight is 1520 g/mol. The lowest BCUT2D eigenvalue weighted by atomic mass is 10.0. The second-order valence-corrected chi connectivity index (χ2v) is 29.5. The highest BCUT2D eigenvalue weighted by Gasteiger charge is 2.30. The predicted octanol–water partition coefficient (Wildman–Crippen LogP) is 24.0. The zero-order valence-corrected chi connectivity index (χ0v) is 67.8. The van der Waals surface area contributed by atoms with Crippen molar-refractivity contribution in [2.45, 2.75) is 329 Å². The Hall–Kier alpha value is -5.32. The fourth-order valence-corrected chi connectivity index (χ4v) is 12.0. The summed E-state index contributed by atoms with van der Waals surface area (Å²) in [6.45, 7) is 4.47. The van der Waals surface area contributed by atoms with Crippen molar-refractivity contribution in [2.24, 2.45) is 0 Å². The maximum Gasteiger partial charge on any atom is 0.472 e. The van der Waals surface area contributed by atoms with Gasteiger partial charge in [0, 0.05) is 25.7 Å². The third-order valence-corrected chi connectivity index (χ3v) is 18.4. The third-order valence-electron chi connectivity index (χ3n) is 16.5. The van der Waals surface area contributed by atoms with Gasteiger partial charge in [0.2, 0.25) is 0 Å². The summed E-state index contributed by atoms with van der Waals surface area (Å²) in [5.41, 5.74) is 0. The number of carbonyl (C=O) groups excluding carboxylic acids is 4. The molecular weight excluding hydrogens is 1380 g/mol. The molecule has 0 spiro atoms. The van der Waals surface area contributed by atoms with Crippen LogP contribution in [0.3, 0.4) is 0 Å². The monoisotopic (exact) mass is 1520 g/mol. The number of phosphoric acid groups is 2. The highest BCUT2D eigenvalue weighted by Crippen LogP contribution is 2.45. The van der Waals surface area contributed by atoms with Crippen molar-refractivity contribution in [3.05, 3.63) is 158 Å². The van der Waals surface area contributed by atoms with E-state index < -0.39 is 97.5 Å². The molecule has 106 heavy (non-hydrogen) atoms. The van der Waals surface area contributed by atoms with Gasteiger partial charge in [-0.15, -0.1) is 0 Å². The number of aliphatic hydroxyl groups is 1. The summed E-state index contributed by atoms with van der Waals surface area (Å²) in [5, 5.41) is 10.6. The Bertz CT molecular complexity index is 2630. The number of allylic oxidation sites excluding steroid dienone is 26. The summed E-state index contributed by atoms with van der Waals surface area (Å²) in [7, 11) is -10.0. The molecule has 0 bridgehead atoms. The number of hydrogen-bond acceptors (Lipinski definition) is 15. The number of esters is 4. The predicted molar refractivity (Wildman–Crippen MR) is 436 cm³/mol. The topological polar surface area (TPSA) is 237 Å². The van der Waals surface area contributed by atoms with Crippen LogP contribution in [-0.2, 0) is 65.4 Å². The standard InChI is InChI=1S/C87H144O17P2/c1-5-9-13-17-21-25-29-33-37-39-40-42-45-48-52-56-60-64-68-72-85(90)98-78-83(104-87(92)74-70-66-62-58-54-50-46-41-38-34-30-26-22-18-14-10-6-2)80-102-106(95,96)100-76-81(88)75-99-105(93,94)101-79-82(103-86(91)73-69-65-61-57-53-49-44-36-32-28-24-20-16-12-8-4)77-97-84(89)71-67-63-59-55-51-47-43-35-31-27-23-19-15-11-7-3/h9-10,13-14,21-23,25-27,33-35,37-38,40,42-43,46,48,50,52,58,60,62,64,81-83,88H,5-8,11-12,15-20,24,28-32,36,39,41,44-45,47,49,51,53-57,59,61,63,65-80H2,1-4H3,(H,93,94)(H,95,96)/b13-9-,14-10-,25-21-,26-22-,27-23-,37-33-,38-34-,42-40-,43-35-,50-46-,52-48-,62-58-,64-60-. The summed E-state index contributed by atoms with van der Waals surface area (Å²) in [6, 6.07) is 0. The summed E-state index contributed by atoms with van der Waals surface area (Å²) >= 11 is 0. The van der Waals surface area contributed by atoms with Crippen LogP contribution in [-0.4, -0.2) is 96.7 Å². The van der Waals surface area contributed by atoms with Crippen LogP contribution in [0.25, 0.3) is 0 Å². The number of carbonyl (C=O) groups is 4. The molecule has 0 aliphatic heterocycles. The van der Waals surface area contributed by atoms with E-state index in [2.05, 4.69) is 155 Å².